The number of thioether (sulfide) groups is 1. The zero-order valence-corrected chi connectivity index (χ0v) is 13.4. The summed E-state index contributed by atoms with van der Waals surface area (Å²) in [6, 6.07) is 0. The van der Waals surface area contributed by atoms with Crippen LogP contribution in [0.2, 0.25) is 0 Å². The summed E-state index contributed by atoms with van der Waals surface area (Å²) in [6.45, 7) is 2.05. The Hall–Kier alpha value is -0.160. The number of carbonyl (C=O) groups is 2. The number of carbonyl (C=O) groups excluding carboxylic acids is 2. The molecule has 0 heterocycles. The van der Waals surface area contributed by atoms with Crippen molar-refractivity contribution < 1.29 is 23.2 Å². The van der Waals surface area contributed by atoms with Gasteiger partial charge in [0.1, 0.15) is 6.16 Å². The molecule has 0 aromatic rings. The fourth-order valence-corrected chi connectivity index (χ4v) is 3.97. The maximum atomic E-state index is 12.2. The van der Waals surface area contributed by atoms with Gasteiger partial charge in [0, 0.05) is 20.0 Å². The Morgan fingerprint density at radius 3 is 2.26 bits per heavy atom. The second-order valence-corrected chi connectivity index (χ2v) is 7.96. The smallest absolute Gasteiger partial charge is 0.312 e. The third kappa shape index (κ3) is 4.15. The van der Waals surface area contributed by atoms with E-state index in [1.807, 2.05) is 0 Å². The number of Topliss-reactive ketones (excluding diaryl/α,β-unsaturated/α-hetero) is 1. The topological polar surface area (TPSA) is 69.7 Å². The molecule has 0 amide bonds. The number of hydrogen-bond donors (Lipinski definition) is 0. The fraction of sp³-hybridized carbons (Fsp3) is 0.833. The van der Waals surface area contributed by atoms with Gasteiger partial charge in [0.15, 0.2) is 5.78 Å². The summed E-state index contributed by atoms with van der Waals surface area (Å²) in [7, 11) is -0.886. The molecule has 0 saturated heterocycles. The van der Waals surface area contributed by atoms with Gasteiger partial charge in [-0.25, -0.2) is 0 Å². The number of ketones is 1. The van der Waals surface area contributed by atoms with E-state index in [2.05, 4.69) is 6.92 Å². The van der Waals surface area contributed by atoms with E-state index < -0.39 is 13.0 Å². The summed E-state index contributed by atoms with van der Waals surface area (Å²) >= 11 is 1.21. The molecule has 0 aromatic carbocycles. The summed E-state index contributed by atoms with van der Waals surface area (Å²) in [6.07, 6.45) is 2.76. The van der Waals surface area contributed by atoms with Gasteiger partial charge in [0.2, 0.25) is 5.12 Å². The molecule has 0 unspecified atom stereocenters. The van der Waals surface area contributed by atoms with Crippen LogP contribution in [0.4, 0.5) is 0 Å². The van der Waals surface area contributed by atoms with Crippen molar-refractivity contribution in [1.29, 1.82) is 0 Å². The van der Waals surface area contributed by atoms with Crippen LogP contribution in [-0.2, 0) is 23.2 Å². The molecular formula is C12H21O5PS. The lowest BCUT2D eigenvalue weighted by molar-refractivity contribution is -0.128. The van der Waals surface area contributed by atoms with E-state index in [9.17, 15) is 14.2 Å². The second kappa shape index (κ2) is 7.02. The van der Waals surface area contributed by atoms with Gasteiger partial charge in [0.05, 0.1) is 5.41 Å². The highest BCUT2D eigenvalue weighted by molar-refractivity contribution is 8.13. The van der Waals surface area contributed by atoms with Crippen LogP contribution in [0.3, 0.4) is 0 Å². The molecule has 19 heavy (non-hydrogen) atoms. The normalized spacial score (nSPS) is 17.2. The first-order valence-corrected chi connectivity index (χ1v) is 9.06. The number of rotatable bonds is 9. The molecule has 0 bridgehead atoms. The molecule has 0 atom stereocenters. The van der Waals surface area contributed by atoms with Gasteiger partial charge in [-0.2, -0.15) is 0 Å². The van der Waals surface area contributed by atoms with Gasteiger partial charge in [-0.05, 0) is 19.3 Å². The zero-order valence-electron chi connectivity index (χ0n) is 11.6. The third-order valence-corrected chi connectivity index (χ3v) is 6.23. The van der Waals surface area contributed by atoms with Gasteiger partial charge in [-0.15, -0.1) is 0 Å². The molecule has 0 aliphatic heterocycles. The van der Waals surface area contributed by atoms with Crippen molar-refractivity contribution in [2.24, 2.45) is 5.41 Å². The van der Waals surface area contributed by atoms with Crippen molar-refractivity contribution in [3.05, 3.63) is 0 Å². The summed E-state index contributed by atoms with van der Waals surface area (Å²) in [4.78, 5) is 24.2. The summed E-state index contributed by atoms with van der Waals surface area (Å²) in [5.41, 5.74) is -0.925. The Morgan fingerprint density at radius 2 is 1.84 bits per heavy atom. The minimum atomic E-state index is -3.38. The summed E-state index contributed by atoms with van der Waals surface area (Å²) < 4.78 is 21.4. The van der Waals surface area contributed by atoms with Gasteiger partial charge < -0.3 is 9.05 Å². The van der Waals surface area contributed by atoms with E-state index in [-0.39, 0.29) is 17.1 Å². The molecule has 0 N–H and O–H groups in total. The molecule has 0 spiro atoms. The Balaban J connectivity index is 2.60. The number of unbranched alkanes of at least 4 members (excludes halogenated alkanes) is 1. The van der Waals surface area contributed by atoms with Crippen LogP contribution in [0.5, 0.6) is 0 Å². The van der Waals surface area contributed by atoms with Crippen LogP contribution in [0.15, 0.2) is 0 Å². The molecule has 1 saturated carbocycles. The average Bonchev–Trinajstić information content (AvgIpc) is 3.20. The van der Waals surface area contributed by atoms with E-state index in [0.29, 0.717) is 12.8 Å². The molecule has 0 aromatic heterocycles. The van der Waals surface area contributed by atoms with E-state index >= 15 is 0 Å². The highest BCUT2D eigenvalue weighted by Crippen LogP contribution is 2.55. The third-order valence-electron chi connectivity index (χ3n) is 3.30. The van der Waals surface area contributed by atoms with Crippen LogP contribution in [-0.4, -0.2) is 37.0 Å². The molecule has 1 fully saturated rings. The van der Waals surface area contributed by atoms with Crippen molar-refractivity contribution in [3.8, 4) is 0 Å². The van der Waals surface area contributed by atoms with E-state index in [0.717, 1.165) is 18.6 Å². The van der Waals surface area contributed by atoms with Crippen LogP contribution in [0, 0.1) is 5.41 Å². The van der Waals surface area contributed by atoms with Crippen LogP contribution < -0.4 is 0 Å². The molecule has 1 rings (SSSR count). The average molecular weight is 308 g/mol. The van der Waals surface area contributed by atoms with Crippen LogP contribution in [0.1, 0.15) is 32.6 Å². The Kier molecular flexibility index (Phi) is 6.24. The van der Waals surface area contributed by atoms with Crippen molar-refractivity contribution in [2.45, 2.75) is 32.6 Å². The standard InChI is InChI=1S/C12H21O5PS/c1-4-5-8-19-11(14)12(6-7-12)10(13)9-18(15,16-2)17-3/h4-9H2,1-3H3. The van der Waals surface area contributed by atoms with Crippen molar-refractivity contribution in [1.82, 2.24) is 0 Å². The summed E-state index contributed by atoms with van der Waals surface area (Å²) in [5.74, 6) is 0.421. The highest BCUT2D eigenvalue weighted by atomic mass is 32.2. The highest BCUT2D eigenvalue weighted by Gasteiger charge is 2.56. The van der Waals surface area contributed by atoms with Crippen molar-refractivity contribution in [2.75, 3.05) is 26.1 Å². The van der Waals surface area contributed by atoms with Crippen molar-refractivity contribution in [3.63, 3.8) is 0 Å². The van der Waals surface area contributed by atoms with E-state index in [4.69, 9.17) is 9.05 Å². The second-order valence-electron chi connectivity index (χ2n) is 4.63. The first-order valence-electron chi connectivity index (χ1n) is 6.35. The predicted octanol–water partition coefficient (Wildman–Crippen LogP) is 2.88. The molecule has 5 nitrogen and oxygen atoms in total. The molecular weight excluding hydrogens is 287 g/mol. The Bertz CT molecular complexity index is 384. The van der Waals surface area contributed by atoms with Crippen LogP contribution >= 0.6 is 19.4 Å². The quantitative estimate of drug-likeness (QED) is 0.370. The minimum Gasteiger partial charge on any atom is -0.312 e. The Labute approximate surface area is 118 Å². The van der Waals surface area contributed by atoms with E-state index in [1.165, 1.54) is 26.0 Å². The first-order chi connectivity index (χ1) is 8.94. The van der Waals surface area contributed by atoms with Gasteiger partial charge in [0.25, 0.3) is 0 Å². The Morgan fingerprint density at radius 1 is 1.26 bits per heavy atom. The lowest BCUT2D eigenvalue weighted by Crippen LogP contribution is -2.27. The van der Waals surface area contributed by atoms with Gasteiger partial charge >= 0.3 is 7.60 Å². The van der Waals surface area contributed by atoms with Crippen LogP contribution in [0.25, 0.3) is 0 Å². The first kappa shape index (κ1) is 16.9. The minimum absolute atomic E-state index is 0.0929. The largest absolute Gasteiger partial charge is 0.337 e. The monoisotopic (exact) mass is 308 g/mol. The lowest BCUT2D eigenvalue weighted by atomic mass is 10.1. The lowest BCUT2D eigenvalue weighted by Gasteiger charge is -2.16. The van der Waals surface area contributed by atoms with Crippen molar-refractivity contribution >= 4 is 30.3 Å². The fourth-order valence-electron chi connectivity index (χ4n) is 1.70. The molecule has 1 aliphatic rings. The van der Waals surface area contributed by atoms with E-state index in [1.54, 1.807) is 0 Å². The molecule has 7 heteroatoms. The molecule has 110 valence electrons. The zero-order chi connectivity index (χ0) is 14.5. The maximum absolute atomic E-state index is 12.2. The molecule has 0 radical (unpaired) electrons. The molecule has 1 aliphatic carbocycles. The summed E-state index contributed by atoms with van der Waals surface area (Å²) in [5, 5.41) is -0.0929. The maximum Gasteiger partial charge on any atom is 0.337 e. The van der Waals surface area contributed by atoms with Gasteiger partial charge in [-0.1, -0.05) is 25.1 Å². The van der Waals surface area contributed by atoms with Gasteiger partial charge in [-0.3, -0.25) is 14.2 Å². The number of hydrogen-bond acceptors (Lipinski definition) is 6. The SMILES string of the molecule is CCCCSC(=O)C1(C(=O)CP(=O)(OC)OC)CC1. The predicted molar refractivity (Wildman–Crippen MR) is 75.5 cm³/mol.